The highest BCUT2D eigenvalue weighted by Gasteiger charge is 2.24. The van der Waals surface area contributed by atoms with Gasteiger partial charge in [0.05, 0.1) is 12.8 Å². The topological polar surface area (TPSA) is 61.8 Å². The first kappa shape index (κ1) is 12.7. The Labute approximate surface area is 106 Å². The zero-order valence-corrected chi connectivity index (χ0v) is 10.9. The number of amides is 1. The molecule has 18 heavy (non-hydrogen) atoms. The largest absolute Gasteiger partial charge is 0.507 e. The number of carbonyl (C=O) groups excluding carboxylic acids is 1. The number of phenols is 1. The van der Waals surface area contributed by atoms with Crippen molar-refractivity contribution < 1.29 is 14.6 Å². The zero-order chi connectivity index (χ0) is 13.3. The van der Waals surface area contributed by atoms with Gasteiger partial charge in [0.15, 0.2) is 0 Å². The van der Waals surface area contributed by atoms with Crippen LogP contribution >= 0.6 is 0 Å². The van der Waals surface area contributed by atoms with Gasteiger partial charge in [-0.1, -0.05) is 0 Å². The SMILES string of the molecule is COc1cc(CN(C)C)c(O)c2c1NC(=O)CC2. The number of fused-ring (bicyclic) bond motifs is 1. The fourth-order valence-electron chi connectivity index (χ4n) is 2.20. The second-order valence-corrected chi connectivity index (χ2v) is 4.73. The van der Waals surface area contributed by atoms with E-state index in [0.29, 0.717) is 30.8 Å². The fraction of sp³-hybridized carbons (Fsp3) is 0.462. The van der Waals surface area contributed by atoms with Gasteiger partial charge in [0.2, 0.25) is 5.91 Å². The van der Waals surface area contributed by atoms with Crippen LogP contribution in [0.15, 0.2) is 6.07 Å². The molecule has 0 aromatic heterocycles. The number of rotatable bonds is 3. The predicted molar refractivity (Wildman–Crippen MR) is 69.0 cm³/mol. The summed E-state index contributed by atoms with van der Waals surface area (Å²) in [5.74, 6) is 0.827. The number of nitrogens with one attached hydrogen (secondary N) is 1. The van der Waals surface area contributed by atoms with Crippen LogP contribution in [-0.2, 0) is 17.8 Å². The van der Waals surface area contributed by atoms with Gasteiger partial charge in [-0.25, -0.2) is 0 Å². The van der Waals surface area contributed by atoms with Crippen LogP contribution in [0.4, 0.5) is 5.69 Å². The molecule has 5 heteroatoms. The molecule has 0 aliphatic carbocycles. The highest BCUT2D eigenvalue weighted by molar-refractivity contribution is 5.96. The molecule has 1 amide bonds. The monoisotopic (exact) mass is 250 g/mol. The first-order valence-corrected chi connectivity index (χ1v) is 5.89. The minimum atomic E-state index is -0.0411. The van der Waals surface area contributed by atoms with Crippen molar-refractivity contribution >= 4 is 11.6 Å². The van der Waals surface area contributed by atoms with E-state index in [1.165, 1.54) is 0 Å². The Morgan fingerprint density at radius 3 is 2.78 bits per heavy atom. The van der Waals surface area contributed by atoms with E-state index in [-0.39, 0.29) is 11.7 Å². The molecular weight excluding hydrogens is 232 g/mol. The average Bonchev–Trinajstić information content (AvgIpc) is 2.32. The third-order valence-electron chi connectivity index (χ3n) is 3.02. The molecule has 5 nitrogen and oxygen atoms in total. The Balaban J connectivity index is 2.51. The lowest BCUT2D eigenvalue weighted by Gasteiger charge is -2.23. The summed E-state index contributed by atoms with van der Waals surface area (Å²) in [4.78, 5) is 13.4. The summed E-state index contributed by atoms with van der Waals surface area (Å²) in [7, 11) is 5.44. The van der Waals surface area contributed by atoms with Crippen LogP contribution in [0, 0.1) is 0 Å². The van der Waals surface area contributed by atoms with E-state index in [1.807, 2.05) is 19.0 Å². The lowest BCUT2D eigenvalue weighted by molar-refractivity contribution is -0.116. The number of hydrogen-bond acceptors (Lipinski definition) is 4. The summed E-state index contributed by atoms with van der Waals surface area (Å²) >= 11 is 0. The quantitative estimate of drug-likeness (QED) is 0.850. The van der Waals surface area contributed by atoms with Crippen LogP contribution in [0.5, 0.6) is 11.5 Å². The van der Waals surface area contributed by atoms with Crippen molar-refractivity contribution in [1.82, 2.24) is 4.90 Å². The van der Waals surface area contributed by atoms with E-state index in [2.05, 4.69) is 5.32 Å². The van der Waals surface area contributed by atoms with Crippen LogP contribution in [0.25, 0.3) is 0 Å². The van der Waals surface area contributed by atoms with Gasteiger partial charge in [0, 0.05) is 24.1 Å². The lowest BCUT2D eigenvalue weighted by atomic mass is 9.97. The molecule has 0 radical (unpaired) electrons. The first-order valence-electron chi connectivity index (χ1n) is 5.89. The number of ether oxygens (including phenoxy) is 1. The van der Waals surface area contributed by atoms with Crippen molar-refractivity contribution in [3.05, 3.63) is 17.2 Å². The van der Waals surface area contributed by atoms with Crippen molar-refractivity contribution in [2.75, 3.05) is 26.5 Å². The highest BCUT2D eigenvalue weighted by atomic mass is 16.5. The summed E-state index contributed by atoms with van der Waals surface area (Å²) in [6, 6.07) is 1.78. The van der Waals surface area contributed by atoms with Crippen LogP contribution in [-0.4, -0.2) is 37.1 Å². The number of anilines is 1. The summed E-state index contributed by atoms with van der Waals surface area (Å²) in [5, 5.41) is 13.0. The van der Waals surface area contributed by atoms with E-state index in [1.54, 1.807) is 13.2 Å². The summed E-state index contributed by atoms with van der Waals surface area (Å²) in [6.45, 7) is 0.628. The molecule has 0 saturated heterocycles. The maximum absolute atomic E-state index is 11.4. The lowest BCUT2D eigenvalue weighted by Crippen LogP contribution is -2.21. The maximum atomic E-state index is 11.4. The Kier molecular flexibility index (Phi) is 3.43. The second-order valence-electron chi connectivity index (χ2n) is 4.73. The van der Waals surface area contributed by atoms with Crippen LogP contribution < -0.4 is 10.1 Å². The zero-order valence-electron chi connectivity index (χ0n) is 10.9. The molecule has 2 rings (SSSR count). The van der Waals surface area contributed by atoms with Gasteiger partial charge in [0.1, 0.15) is 11.5 Å². The Morgan fingerprint density at radius 1 is 1.44 bits per heavy atom. The van der Waals surface area contributed by atoms with E-state index in [9.17, 15) is 9.90 Å². The van der Waals surface area contributed by atoms with Gasteiger partial charge in [-0.3, -0.25) is 4.79 Å². The van der Waals surface area contributed by atoms with Gasteiger partial charge in [-0.05, 0) is 26.6 Å². The minimum Gasteiger partial charge on any atom is -0.507 e. The molecule has 2 N–H and O–H groups in total. The van der Waals surface area contributed by atoms with Crippen LogP contribution in [0.2, 0.25) is 0 Å². The summed E-state index contributed by atoms with van der Waals surface area (Å²) in [5.41, 5.74) is 2.19. The average molecular weight is 250 g/mol. The van der Waals surface area contributed by atoms with Crippen molar-refractivity contribution in [3.63, 3.8) is 0 Å². The molecule has 1 aromatic carbocycles. The molecule has 0 saturated carbocycles. The third-order valence-corrected chi connectivity index (χ3v) is 3.02. The molecule has 0 unspecified atom stereocenters. The second kappa shape index (κ2) is 4.86. The van der Waals surface area contributed by atoms with E-state index in [0.717, 1.165) is 11.1 Å². The van der Waals surface area contributed by atoms with Gasteiger partial charge in [0.25, 0.3) is 0 Å². The number of benzene rings is 1. The molecule has 1 aliphatic rings. The molecule has 0 atom stereocenters. The third kappa shape index (κ3) is 2.26. The van der Waals surface area contributed by atoms with Gasteiger partial charge < -0.3 is 20.1 Å². The molecule has 0 bridgehead atoms. The molecule has 0 fully saturated rings. The molecule has 1 aliphatic heterocycles. The Morgan fingerprint density at radius 2 is 2.17 bits per heavy atom. The number of hydrogen-bond donors (Lipinski definition) is 2. The maximum Gasteiger partial charge on any atom is 0.224 e. The Bertz CT molecular complexity index is 484. The van der Waals surface area contributed by atoms with Crippen molar-refractivity contribution in [3.8, 4) is 11.5 Å². The minimum absolute atomic E-state index is 0.0411. The van der Waals surface area contributed by atoms with Crippen molar-refractivity contribution in [2.45, 2.75) is 19.4 Å². The van der Waals surface area contributed by atoms with Gasteiger partial charge in [-0.15, -0.1) is 0 Å². The van der Waals surface area contributed by atoms with Gasteiger partial charge in [-0.2, -0.15) is 0 Å². The number of carbonyl (C=O) groups is 1. The molecule has 1 heterocycles. The molecular formula is C13H18N2O3. The summed E-state index contributed by atoms with van der Waals surface area (Å²) in [6.07, 6.45) is 0.944. The highest BCUT2D eigenvalue weighted by Crippen LogP contribution is 2.41. The molecule has 0 spiro atoms. The van der Waals surface area contributed by atoms with Crippen LogP contribution in [0.3, 0.4) is 0 Å². The summed E-state index contributed by atoms with van der Waals surface area (Å²) < 4.78 is 5.29. The van der Waals surface area contributed by atoms with Crippen LogP contribution in [0.1, 0.15) is 17.5 Å². The number of nitrogens with zero attached hydrogens (tertiary/aromatic N) is 1. The number of methoxy groups -OCH3 is 1. The van der Waals surface area contributed by atoms with E-state index < -0.39 is 0 Å². The number of phenolic OH excluding ortho intramolecular Hbond substituents is 1. The standard InChI is InChI=1S/C13H18N2O3/c1-15(2)7-8-6-10(18-3)12-9(13(8)17)4-5-11(16)14-12/h6,17H,4-5,7H2,1-3H3,(H,14,16). The molecule has 1 aromatic rings. The van der Waals surface area contributed by atoms with Gasteiger partial charge >= 0.3 is 0 Å². The normalized spacial score (nSPS) is 14.3. The molecule has 98 valence electrons. The smallest absolute Gasteiger partial charge is 0.224 e. The van der Waals surface area contributed by atoms with E-state index in [4.69, 9.17) is 4.74 Å². The first-order chi connectivity index (χ1) is 8.52. The van der Waals surface area contributed by atoms with Crippen molar-refractivity contribution in [2.24, 2.45) is 0 Å². The fourth-order valence-corrected chi connectivity index (χ4v) is 2.20. The van der Waals surface area contributed by atoms with Crippen molar-refractivity contribution in [1.29, 1.82) is 0 Å². The van der Waals surface area contributed by atoms with E-state index >= 15 is 0 Å². The predicted octanol–water partition coefficient (Wildman–Crippen LogP) is 1.35. The number of aromatic hydroxyl groups is 1. The Hall–Kier alpha value is -1.75.